The average Bonchev–Trinajstić information content (AvgIpc) is 3.47. The van der Waals surface area contributed by atoms with Gasteiger partial charge in [-0.1, -0.05) is 158 Å². The summed E-state index contributed by atoms with van der Waals surface area (Å²) in [6.45, 7) is 2.36. The summed E-state index contributed by atoms with van der Waals surface area (Å²) in [5, 5.41) is 2.51. The Morgan fingerprint density at radius 3 is 1.64 bits per heavy atom. The first kappa shape index (κ1) is 28.8. The SMILES string of the molecule is CC1(c2ccccc2)c2ccccc2Oc2cccc(-c3ccc4c(c3)C(c3ccccc3)(c3ccccc3)c3cc5ccccc5cc3-4)c21. The number of hydrogen-bond donors (Lipinski definition) is 0. The molecule has 1 heterocycles. The predicted molar refractivity (Wildman–Crippen MR) is 205 cm³/mol. The van der Waals surface area contributed by atoms with Gasteiger partial charge in [0.2, 0.25) is 0 Å². The molecular formula is C49H34O. The summed E-state index contributed by atoms with van der Waals surface area (Å²) in [4.78, 5) is 0. The van der Waals surface area contributed by atoms with E-state index in [1.165, 1.54) is 72.0 Å². The lowest BCUT2D eigenvalue weighted by Gasteiger charge is -2.39. The van der Waals surface area contributed by atoms with E-state index in [0.717, 1.165) is 11.5 Å². The number of benzene rings is 8. The monoisotopic (exact) mass is 638 g/mol. The maximum absolute atomic E-state index is 6.72. The molecule has 0 aromatic heterocycles. The first-order valence-electron chi connectivity index (χ1n) is 17.4. The highest BCUT2D eigenvalue weighted by Crippen LogP contribution is 2.59. The Morgan fingerprint density at radius 2 is 0.940 bits per heavy atom. The summed E-state index contributed by atoms with van der Waals surface area (Å²) in [5.41, 5.74) is 12.8. The molecule has 0 radical (unpaired) electrons. The molecule has 1 heteroatoms. The minimum absolute atomic E-state index is 0.433. The first-order valence-corrected chi connectivity index (χ1v) is 17.4. The van der Waals surface area contributed by atoms with Crippen molar-refractivity contribution >= 4 is 10.8 Å². The molecule has 1 nitrogen and oxygen atoms in total. The summed E-state index contributed by atoms with van der Waals surface area (Å²) in [5.74, 6) is 1.81. The fourth-order valence-electron chi connectivity index (χ4n) is 9.01. The number of rotatable bonds is 4. The van der Waals surface area contributed by atoms with Gasteiger partial charge >= 0.3 is 0 Å². The Hall–Kier alpha value is -6.18. The molecule has 1 atom stereocenters. The second-order valence-electron chi connectivity index (χ2n) is 13.8. The lowest BCUT2D eigenvalue weighted by Crippen LogP contribution is -2.30. The third kappa shape index (κ3) is 3.95. The van der Waals surface area contributed by atoms with Crippen LogP contribution in [0.4, 0.5) is 0 Å². The van der Waals surface area contributed by atoms with Crippen LogP contribution in [-0.2, 0) is 10.8 Å². The van der Waals surface area contributed by atoms with Crippen LogP contribution in [0.25, 0.3) is 33.0 Å². The Balaban J connectivity index is 1.29. The van der Waals surface area contributed by atoms with Gasteiger partial charge in [0.15, 0.2) is 0 Å². The normalized spacial score (nSPS) is 16.5. The molecule has 0 amide bonds. The quantitative estimate of drug-likeness (QED) is 0.186. The molecule has 1 aliphatic carbocycles. The van der Waals surface area contributed by atoms with Crippen molar-refractivity contribution in [3.05, 3.63) is 227 Å². The molecule has 0 saturated heterocycles. The smallest absolute Gasteiger partial charge is 0.132 e. The van der Waals surface area contributed by atoms with Gasteiger partial charge in [0, 0.05) is 11.1 Å². The van der Waals surface area contributed by atoms with Crippen LogP contribution in [0, 0.1) is 0 Å². The molecule has 0 N–H and O–H groups in total. The molecule has 0 spiro atoms. The van der Waals surface area contributed by atoms with Crippen LogP contribution in [0.2, 0.25) is 0 Å². The molecule has 2 aliphatic rings. The lowest BCUT2D eigenvalue weighted by atomic mass is 9.66. The Morgan fingerprint density at radius 1 is 0.380 bits per heavy atom. The van der Waals surface area contributed by atoms with Gasteiger partial charge in [0.25, 0.3) is 0 Å². The van der Waals surface area contributed by atoms with Crippen molar-refractivity contribution in [3.8, 4) is 33.8 Å². The van der Waals surface area contributed by atoms with Crippen molar-refractivity contribution < 1.29 is 4.74 Å². The van der Waals surface area contributed by atoms with E-state index < -0.39 is 10.8 Å². The summed E-state index contributed by atoms with van der Waals surface area (Å²) in [6.07, 6.45) is 0. The number of fused-ring (bicyclic) bond motifs is 6. The van der Waals surface area contributed by atoms with Gasteiger partial charge in [-0.3, -0.25) is 0 Å². The van der Waals surface area contributed by atoms with Gasteiger partial charge in [0.05, 0.1) is 10.8 Å². The Labute approximate surface area is 293 Å². The topological polar surface area (TPSA) is 9.23 Å². The Kier molecular flexibility index (Phi) is 6.29. The summed E-state index contributed by atoms with van der Waals surface area (Å²) < 4.78 is 6.72. The highest BCUT2D eigenvalue weighted by molar-refractivity contribution is 5.97. The minimum Gasteiger partial charge on any atom is -0.457 e. The van der Waals surface area contributed by atoms with E-state index in [2.05, 4.69) is 195 Å². The minimum atomic E-state index is -0.506. The van der Waals surface area contributed by atoms with Gasteiger partial charge in [-0.2, -0.15) is 0 Å². The van der Waals surface area contributed by atoms with Crippen LogP contribution in [0.1, 0.15) is 45.9 Å². The van der Waals surface area contributed by atoms with E-state index in [9.17, 15) is 0 Å². The molecule has 1 aliphatic heterocycles. The molecular weight excluding hydrogens is 605 g/mol. The lowest BCUT2D eigenvalue weighted by molar-refractivity contribution is 0.428. The molecule has 0 saturated carbocycles. The molecule has 10 rings (SSSR count). The van der Waals surface area contributed by atoms with E-state index in [1.807, 2.05) is 0 Å². The van der Waals surface area contributed by atoms with Crippen LogP contribution in [0.15, 0.2) is 188 Å². The fraction of sp³-hybridized carbons (Fsp3) is 0.0612. The molecule has 8 aromatic rings. The molecule has 0 fully saturated rings. The highest BCUT2D eigenvalue weighted by atomic mass is 16.5. The van der Waals surface area contributed by atoms with Gasteiger partial charge in [-0.15, -0.1) is 0 Å². The molecule has 50 heavy (non-hydrogen) atoms. The van der Waals surface area contributed by atoms with Crippen molar-refractivity contribution in [2.45, 2.75) is 17.8 Å². The second kappa shape index (κ2) is 10.9. The zero-order valence-electron chi connectivity index (χ0n) is 27.8. The maximum atomic E-state index is 6.72. The highest BCUT2D eigenvalue weighted by Gasteiger charge is 2.47. The summed E-state index contributed by atoms with van der Waals surface area (Å²) >= 11 is 0. The zero-order chi connectivity index (χ0) is 33.3. The first-order chi connectivity index (χ1) is 24.7. The van der Waals surface area contributed by atoms with Crippen LogP contribution in [0.3, 0.4) is 0 Å². The van der Waals surface area contributed by atoms with Crippen LogP contribution in [-0.4, -0.2) is 0 Å². The van der Waals surface area contributed by atoms with E-state index in [-0.39, 0.29) is 0 Å². The third-order valence-electron chi connectivity index (χ3n) is 11.3. The van der Waals surface area contributed by atoms with Gasteiger partial charge in [-0.25, -0.2) is 0 Å². The van der Waals surface area contributed by atoms with Crippen molar-refractivity contribution in [2.24, 2.45) is 0 Å². The standard InChI is InChI=1S/C49H34O/c1-48(36-18-5-2-6-19-36)42-25-13-14-26-45(42)50-46-27-15-24-39(47(46)48)35-28-29-40-41-30-33-16-11-12-17-34(33)31-44(41)49(43(40)32-35,37-20-7-3-8-21-37)38-22-9-4-10-23-38/h2-32H,1H3. The average molecular weight is 639 g/mol. The van der Waals surface area contributed by atoms with Gasteiger partial charge in [-0.05, 0) is 98.1 Å². The van der Waals surface area contributed by atoms with Gasteiger partial charge in [0.1, 0.15) is 11.5 Å². The summed E-state index contributed by atoms with van der Waals surface area (Å²) in [7, 11) is 0. The van der Waals surface area contributed by atoms with Crippen molar-refractivity contribution in [3.63, 3.8) is 0 Å². The number of ether oxygens (including phenoxy) is 1. The molecule has 236 valence electrons. The van der Waals surface area contributed by atoms with E-state index in [4.69, 9.17) is 4.74 Å². The summed E-state index contributed by atoms with van der Waals surface area (Å²) in [6, 6.07) is 68.8. The largest absolute Gasteiger partial charge is 0.457 e. The maximum Gasteiger partial charge on any atom is 0.132 e. The predicted octanol–water partition coefficient (Wildman–Crippen LogP) is 12.3. The van der Waals surface area contributed by atoms with E-state index >= 15 is 0 Å². The van der Waals surface area contributed by atoms with Crippen LogP contribution < -0.4 is 4.74 Å². The van der Waals surface area contributed by atoms with Crippen LogP contribution in [0.5, 0.6) is 11.5 Å². The molecule has 8 aromatic carbocycles. The third-order valence-corrected chi connectivity index (χ3v) is 11.3. The number of hydrogen-bond acceptors (Lipinski definition) is 1. The van der Waals surface area contributed by atoms with Crippen molar-refractivity contribution in [2.75, 3.05) is 0 Å². The van der Waals surface area contributed by atoms with Gasteiger partial charge < -0.3 is 4.74 Å². The van der Waals surface area contributed by atoms with Crippen molar-refractivity contribution in [1.82, 2.24) is 0 Å². The molecule has 1 unspecified atom stereocenters. The van der Waals surface area contributed by atoms with E-state index in [0.29, 0.717) is 0 Å². The van der Waals surface area contributed by atoms with Crippen molar-refractivity contribution in [1.29, 1.82) is 0 Å². The van der Waals surface area contributed by atoms with E-state index in [1.54, 1.807) is 0 Å². The molecule has 0 bridgehead atoms. The Bertz CT molecular complexity index is 2530. The second-order valence-corrected chi connectivity index (χ2v) is 13.8. The van der Waals surface area contributed by atoms with Crippen LogP contribution >= 0.6 is 0 Å². The number of para-hydroxylation sites is 1. The fourth-order valence-corrected chi connectivity index (χ4v) is 9.01. The zero-order valence-corrected chi connectivity index (χ0v) is 27.8.